The lowest BCUT2D eigenvalue weighted by molar-refractivity contribution is -0.120. The highest BCUT2D eigenvalue weighted by Crippen LogP contribution is 2.03. The molecule has 0 saturated heterocycles. The topological polar surface area (TPSA) is 68.0 Å². The number of nitrogens with zero attached hydrogens (tertiary/aromatic N) is 1. The number of pyridine rings is 1. The van der Waals surface area contributed by atoms with Gasteiger partial charge in [-0.25, -0.2) is 0 Å². The van der Waals surface area contributed by atoms with Gasteiger partial charge in [0.15, 0.2) is 0 Å². The van der Waals surface area contributed by atoms with Gasteiger partial charge in [0, 0.05) is 12.2 Å². The fraction of sp³-hybridized carbons (Fsp3) is 0.250. The Morgan fingerprint density at radius 2 is 1.95 bits per heavy atom. The number of aromatic nitrogens is 1. The van der Waals surface area contributed by atoms with Crippen LogP contribution in [0, 0.1) is 0 Å². The minimum atomic E-state index is -0.00432. The number of carbonyl (C=O) groups is 1. The van der Waals surface area contributed by atoms with Crippen molar-refractivity contribution < 1.29 is 4.79 Å². The lowest BCUT2D eigenvalue weighted by Crippen LogP contribution is -2.26. The number of hydrogen-bond donors (Lipinski definition) is 2. The van der Waals surface area contributed by atoms with Gasteiger partial charge in [-0.2, -0.15) is 0 Å². The number of nitrogen functional groups attached to an aromatic ring is 1. The van der Waals surface area contributed by atoms with E-state index in [-0.39, 0.29) is 5.91 Å². The number of aryl methyl sites for hydroxylation is 1. The molecule has 2 aromatic rings. The molecule has 0 aliphatic heterocycles. The first-order valence-corrected chi connectivity index (χ1v) is 6.75. The summed E-state index contributed by atoms with van der Waals surface area (Å²) >= 11 is 0. The third-order valence-corrected chi connectivity index (χ3v) is 3.00. The largest absolute Gasteiger partial charge is 0.397 e. The minimum Gasteiger partial charge on any atom is -0.397 e. The third-order valence-electron chi connectivity index (χ3n) is 3.00. The first-order valence-electron chi connectivity index (χ1n) is 6.75. The Labute approximate surface area is 119 Å². The minimum absolute atomic E-state index is 0.00432. The first-order chi connectivity index (χ1) is 9.74. The maximum absolute atomic E-state index is 11.7. The summed E-state index contributed by atoms with van der Waals surface area (Å²) in [5.41, 5.74) is 8.19. The maximum atomic E-state index is 11.7. The van der Waals surface area contributed by atoms with Gasteiger partial charge in [-0.1, -0.05) is 30.3 Å². The van der Waals surface area contributed by atoms with E-state index in [2.05, 4.69) is 22.4 Å². The molecule has 0 aliphatic carbocycles. The molecular weight excluding hydrogens is 250 g/mol. The number of anilines is 1. The smallest absolute Gasteiger partial charge is 0.226 e. The maximum Gasteiger partial charge on any atom is 0.226 e. The van der Waals surface area contributed by atoms with Crippen LogP contribution in [-0.4, -0.2) is 17.4 Å². The van der Waals surface area contributed by atoms with E-state index in [1.165, 1.54) is 5.56 Å². The van der Waals surface area contributed by atoms with Crippen molar-refractivity contribution in [3.63, 3.8) is 0 Å². The van der Waals surface area contributed by atoms with E-state index in [4.69, 9.17) is 5.73 Å². The molecule has 0 saturated carbocycles. The van der Waals surface area contributed by atoms with Gasteiger partial charge in [-0.15, -0.1) is 0 Å². The summed E-state index contributed by atoms with van der Waals surface area (Å²) in [6.45, 7) is 0.683. The van der Waals surface area contributed by atoms with Crippen molar-refractivity contribution >= 4 is 11.6 Å². The Hall–Kier alpha value is -2.36. The Morgan fingerprint density at radius 1 is 1.15 bits per heavy atom. The van der Waals surface area contributed by atoms with Crippen molar-refractivity contribution in [3.05, 3.63) is 59.9 Å². The number of amides is 1. The zero-order valence-electron chi connectivity index (χ0n) is 11.4. The Kier molecular flexibility index (Phi) is 5.12. The standard InChI is InChI=1S/C16H19N3O/c17-14-8-9-15(19-12-14)11-16(20)18-10-4-7-13-5-2-1-3-6-13/h1-3,5-6,8-9,12H,4,7,10-11,17H2,(H,18,20). The lowest BCUT2D eigenvalue weighted by atomic mass is 10.1. The van der Waals surface area contributed by atoms with E-state index in [9.17, 15) is 4.79 Å². The van der Waals surface area contributed by atoms with Gasteiger partial charge in [0.2, 0.25) is 5.91 Å². The van der Waals surface area contributed by atoms with E-state index in [0.29, 0.717) is 18.7 Å². The molecule has 1 heterocycles. The van der Waals surface area contributed by atoms with Crippen LogP contribution in [0.15, 0.2) is 48.7 Å². The SMILES string of the molecule is Nc1ccc(CC(=O)NCCCc2ccccc2)nc1. The van der Waals surface area contributed by atoms with Crippen molar-refractivity contribution in [3.8, 4) is 0 Å². The van der Waals surface area contributed by atoms with Crippen LogP contribution in [-0.2, 0) is 17.6 Å². The monoisotopic (exact) mass is 269 g/mol. The molecule has 1 aromatic heterocycles. The molecule has 0 aliphatic rings. The number of rotatable bonds is 6. The van der Waals surface area contributed by atoms with Gasteiger partial charge < -0.3 is 11.1 Å². The molecule has 104 valence electrons. The zero-order valence-corrected chi connectivity index (χ0v) is 11.4. The molecule has 4 heteroatoms. The van der Waals surface area contributed by atoms with Crippen molar-refractivity contribution in [1.82, 2.24) is 10.3 Å². The fourth-order valence-corrected chi connectivity index (χ4v) is 1.93. The second-order valence-electron chi connectivity index (χ2n) is 4.70. The van der Waals surface area contributed by atoms with Gasteiger partial charge in [0.05, 0.1) is 18.3 Å². The molecule has 20 heavy (non-hydrogen) atoms. The van der Waals surface area contributed by atoms with Crippen LogP contribution in [0.4, 0.5) is 5.69 Å². The van der Waals surface area contributed by atoms with E-state index in [1.807, 2.05) is 18.2 Å². The van der Waals surface area contributed by atoms with Crippen molar-refractivity contribution in [1.29, 1.82) is 0 Å². The molecule has 0 bridgehead atoms. The molecule has 1 aromatic carbocycles. The summed E-state index contributed by atoms with van der Waals surface area (Å²) < 4.78 is 0. The van der Waals surface area contributed by atoms with Gasteiger partial charge in [-0.05, 0) is 30.5 Å². The number of nitrogens with two attached hydrogens (primary N) is 1. The summed E-state index contributed by atoms with van der Waals surface area (Å²) in [5.74, 6) is -0.00432. The summed E-state index contributed by atoms with van der Waals surface area (Å²) in [7, 11) is 0. The average molecular weight is 269 g/mol. The van der Waals surface area contributed by atoms with Crippen LogP contribution < -0.4 is 11.1 Å². The third kappa shape index (κ3) is 4.72. The molecular formula is C16H19N3O. The van der Waals surface area contributed by atoms with Crippen LogP contribution in [0.1, 0.15) is 17.7 Å². The Bertz CT molecular complexity index is 537. The fourth-order valence-electron chi connectivity index (χ4n) is 1.93. The number of benzene rings is 1. The van der Waals surface area contributed by atoms with E-state index < -0.39 is 0 Å². The van der Waals surface area contributed by atoms with Crippen LogP contribution >= 0.6 is 0 Å². The Balaban J connectivity index is 1.66. The molecule has 0 fully saturated rings. The number of nitrogens with one attached hydrogen (secondary N) is 1. The van der Waals surface area contributed by atoms with Crippen LogP contribution in [0.5, 0.6) is 0 Å². The van der Waals surface area contributed by atoms with Crippen molar-refractivity contribution in [2.24, 2.45) is 0 Å². The van der Waals surface area contributed by atoms with Crippen LogP contribution in [0.3, 0.4) is 0 Å². The van der Waals surface area contributed by atoms with E-state index in [1.54, 1.807) is 18.3 Å². The molecule has 3 N–H and O–H groups in total. The quantitative estimate of drug-likeness (QED) is 0.788. The molecule has 1 amide bonds. The molecule has 4 nitrogen and oxygen atoms in total. The number of carbonyl (C=O) groups excluding carboxylic acids is 1. The molecule has 0 radical (unpaired) electrons. The van der Waals surface area contributed by atoms with Gasteiger partial charge in [0.25, 0.3) is 0 Å². The Morgan fingerprint density at radius 3 is 2.65 bits per heavy atom. The normalized spacial score (nSPS) is 10.2. The zero-order chi connectivity index (χ0) is 14.2. The van der Waals surface area contributed by atoms with Gasteiger partial charge in [-0.3, -0.25) is 9.78 Å². The van der Waals surface area contributed by atoms with Crippen molar-refractivity contribution in [2.75, 3.05) is 12.3 Å². The highest BCUT2D eigenvalue weighted by Gasteiger charge is 2.03. The average Bonchev–Trinajstić information content (AvgIpc) is 2.47. The van der Waals surface area contributed by atoms with E-state index in [0.717, 1.165) is 18.5 Å². The van der Waals surface area contributed by atoms with Crippen molar-refractivity contribution in [2.45, 2.75) is 19.3 Å². The summed E-state index contributed by atoms with van der Waals surface area (Å²) in [4.78, 5) is 15.8. The highest BCUT2D eigenvalue weighted by atomic mass is 16.1. The predicted octanol–water partition coefficient (Wildman–Crippen LogP) is 1.96. The second-order valence-corrected chi connectivity index (χ2v) is 4.70. The molecule has 2 rings (SSSR count). The summed E-state index contributed by atoms with van der Waals surface area (Å²) in [6, 6.07) is 13.8. The predicted molar refractivity (Wildman–Crippen MR) is 80.1 cm³/mol. The van der Waals surface area contributed by atoms with E-state index >= 15 is 0 Å². The first kappa shape index (κ1) is 14.1. The number of hydrogen-bond acceptors (Lipinski definition) is 3. The molecule has 0 atom stereocenters. The lowest BCUT2D eigenvalue weighted by Gasteiger charge is -2.05. The molecule has 0 spiro atoms. The second kappa shape index (κ2) is 7.28. The van der Waals surface area contributed by atoms with Gasteiger partial charge >= 0.3 is 0 Å². The molecule has 0 unspecified atom stereocenters. The highest BCUT2D eigenvalue weighted by molar-refractivity contribution is 5.78. The van der Waals surface area contributed by atoms with Crippen LogP contribution in [0.2, 0.25) is 0 Å². The summed E-state index contributed by atoms with van der Waals surface area (Å²) in [6.07, 6.45) is 3.77. The summed E-state index contributed by atoms with van der Waals surface area (Å²) in [5, 5.41) is 2.91. The van der Waals surface area contributed by atoms with Crippen LogP contribution in [0.25, 0.3) is 0 Å². The van der Waals surface area contributed by atoms with Gasteiger partial charge in [0.1, 0.15) is 0 Å².